The van der Waals surface area contributed by atoms with Gasteiger partial charge in [-0.05, 0) is 54.5 Å². The summed E-state index contributed by atoms with van der Waals surface area (Å²) < 4.78 is 0. The largest absolute Gasteiger partial charge is 0.361 e. The number of amides is 1. The third kappa shape index (κ3) is 3.73. The molecule has 0 radical (unpaired) electrons. The van der Waals surface area contributed by atoms with Crippen molar-refractivity contribution in [2.45, 2.75) is 31.6 Å². The summed E-state index contributed by atoms with van der Waals surface area (Å²) in [7, 11) is 0. The number of hydrogen-bond donors (Lipinski definition) is 1. The third-order valence-electron chi connectivity index (χ3n) is 5.62. The van der Waals surface area contributed by atoms with Crippen LogP contribution < -0.4 is 0 Å². The molecule has 2 aromatic carbocycles. The van der Waals surface area contributed by atoms with E-state index in [4.69, 9.17) is 5.26 Å². The molecule has 0 aliphatic carbocycles. The first-order valence-corrected chi connectivity index (χ1v) is 9.57. The average molecular weight is 357 g/mol. The number of aromatic nitrogens is 1. The van der Waals surface area contributed by atoms with Crippen LogP contribution in [0.3, 0.4) is 0 Å². The van der Waals surface area contributed by atoms with Gasteiger partial charge in [0, 0.05) is 36.6 Å². The number of hydrogen-bond acceptors (Lipinski definition) is 2. The molecule has 2 heterocycles. The number of piperidine rings is 1. The number of benzene rings is 2. The van der Waals surface area contributed by atoms with Crippen molar-refractivity contribution in [1.29, 1.82) is 5.26 Å². The molecule has 1 amide bonds. The lowest BCUT2D eigenvalue weighted by atomic mass is 9.89. The van der Waals surface area contributed by atoms with E-state index in [0.717, 1.165) is 37.9 Å². The Balaban J connectivity index is 1.32. The van der Waals surface area contributed by atoms with Crippen LogP contribution in [0.5, 0.6) is 0 Å². The highest BCUT2D eigenvalue weighted by molar-refractivity contribution is 5.83. The average Bonchev–Trinajstić information content (AvgIpc) is 3.16. The standard InChI is InChI=1S/C23H23N3O/c24-15-18-7-5-17(6-8-18)9-10-23(27)26-13-11-19(12-14-26)21-16-25-22-4-2-1-3-20(21)22/h1-8,16,19,25H,9-14H2. The summed E-state index contributed by atoms with van der Waals surface area (Å²) in [5.74, 6) is 0.750. The number of nitrogens with zero attached hydrogens (tertiary/aromatic N) is 2. The SMILES string of the molecule is N#Cc1ccc(CCC(=O)N2CCC(c3c[nH]c4ccccc34)CC2)cc1. The second-order valence-electron chi connectivity index (χ2n) is 7.25. The molecule has 3 aromatic rings. The Kier molecular flexibility index (Phi) is 4.93. The first-order chi connectivity index (χ1) is 13.2. The Labute approximate surface area is 159 Å². The molecule has 4 rings (SSSR count). The molecule has 0 bridgehead atoms. The molecule has 1 aliphatic rings. The number of aryl methyl sites for hydroxylation is 1. The number of aromatic amines is 1. The van der Waals surface area contributed by atoms with Crippen molar-refractivity contribution in [3.63, 3.8) is 0 Å². The van der Waals surface area contributed by atoms with Crippen molar-refractivity contribution in [2.75, 3.05) is 13.1 Å². The predicted octanol–water partition coefficient (Wildman–Crippen LogP) is 4.38. The minimum atomic E-state index is 0.233. The van der Waals surface area contributed by atoms with Gasteiger partial charge in [-0.2, -0.15) is 5.26 Å². The van der Waals surface area contributed by atoms with Crippen molar-refractivity contribution in [2.24, 2.45) is 0 Å². The van der Waals surface area contributed by atoms with E-state index in [1.165, 1.54) is 16.5 Å². The van der Waals surface area contributed by atoms with E-state index in [1.807, 2.05) is 29.2 Å². The molecular formula is C23H23N3O. The molecule has 136 valence electrons. The normalized spacial score (nSPS) is 15.0. The zero-order valence-electron chi connectivity index (χ0n) is 15.3. The predicted molar refractivity (Wildman–Crippen MR) is 106 cm³/mol. The maximum atomic E-state index is 12.6. The number of carbonyl (C=O) groups excluding carboxylic acids is 1. The highest BCUT2D eigenvalue weighted by Crippen LogP contribution is 2.33. The molecule has 1 saturated heterocycles. The number of rotatable bonds is 4. The van der Waals surface area contributed by atoms with Gasteiger partial charge in [-0.1, -0.05) is 30.3 Å². The summed E-state index contributed by atoms with van der Waals surface area (Å²) in [4.78, 5) is 17.9. The zero-order chi connectivity index (χ0) is 18.6. The topological polar surface area (TPSA) is 59.9 Å². The minimum absolute atomic E-state index is 0.233. The van der Waals surface area contributed by atoms with Crippen molar-refractivity contribution in [3.8, 4) is 6.07 Å². The first kappa shape index (κ1) is 17.4. The first-order valence-electron chi connectivity index (χ1n) is 9.57. The monoisotopic (exact) mass is 357 g/mol. The van der Waals surface area contributed by atoms with Crippen LogP contribution >= 0.6 is 0 Å². The maximum absolute atomic E-state index is 12.6. The lowest BCUT2D eigenvalue weighted by molar-refractivity contribution is -0.132. The van der Waals surface area contributed by atoms with Crippen LogP contribution in [0.1, 0.15) is 41.9 Å². The van der Waals surface area contributed by atoms with Crippen LogP contribution in [0.2, 0.25) is 0 Å². The summed E-state index contributed by atoms with van der Waals surface area (Å²) in [5.41, 5.74) is 4.34. The van der Waals surface area contributed by atoms with Gasteiger partial charge in [-0.3, -0.25) is 4.79 Å². The van der Waals surface area contributed by atoms with Crippen molar-refractivity contribution in [1.82, 2.24) is 9.88 Å². The van der Waals surface area contributed by atoms with E-state index in [9.17, 15) is 4.79 Å². The number of H-pyrrole nitrogens is 1. The molecule has 0 unspecified atom stereocenters. The van der Waals surface area contributed by atoms with Crippen LogP contribution in [0, 0.1) is 11.3 Å². The van der Waals surface area contributed by atoms with Crippen LogP contribution in [0.15, 0.2) is 54.7 Å². The van der Waals surface area contributed by atoms with Gasteiger partial charge in [0.1, 0.15) is 0 Å². The Hall–Kier alpha value is -3.06. The maximum Gasteiger partial charge on any atom is 0.222 e. The number of nitriles is 1. The number of para-hydroxylation sites is 1. The number of nitrogens with one attached hydrogen (secondary N) is 1. The molecule has 0 spiro atoms. The smallest absolute Gasteiger partial charge is 0.222 e. The number of fused-ring (bicyclic) bond motifs is 1. The second kappa shape index (κ2) is 7.67. The molecule has 4 nitrogen and oxygen atoms in total. The Morgan fingerprint density at radius 1 is 1.11 bits per heavy atom. The van der Waals surface area contributed by atoms with Gasteiger partial charge in [0.05, 0.1) is 11.6 Å². The second-order valence-corrected chi connectivity index (χ2v) is 7.25. The number of likely N-dealkylation sites (tertiary alicyclic amines) is 1. The van der Waals surface area contributed by atoms with Gasteiger partial charge in [0.2, 0.25) is 5.91 Å². The number of carbonyl (C=O) groups is 1. The summed E-state index contributed by atoms with van der Waals surface area (Å²) >= 11 is 0. The molecule has 1 fully saturated rings. The highest BCUT2D eigenvalue weighted by Gasteiger charge is 2.25. The van der Waals surface area contributed by atoms with Crippen LogP contribution in [0.4, 0.5) is 0 Å². The molecule has 4 heteroatoms. The molecule has 1 aromatic heterocycles. The third-order valence-corrected chi connectivity index (χ3v) is 5.62. The van der Waals surface area contributed by atoms with E-state index in [0.29, 0.717) is 17.9 Å². The van der Waals surface area contributed by atoms with Crippen LogP contribution in [0.25, 0.3) is 10.9 Å². The fourth-order valence-corrected chi connectivity index (χ4v) is 4.03. The van der Waals surface area contributed by atoms with Crippen molar-refractivity contribution in [3.05, 3.63) is 71.4 Å². The van der Waals surface area contributed by atoms with Crippen LogP contribution in [-0.2, 0) is 11.2 Å². The molecule has 1 aliphatic heterocycles. The van der Waals surface area contributed by atoms with Crippen LogP contribution in [-0.4, -0.2) is 28.9 Å². The molecule has 0 saturated carbocycles. The van der Waals surface area contributed by atoms with E-state index < -0.39 is 0 Å². The fraction of sp³-hybridized carbons (Fsp3) is 0.304. The van der Waals surface area contributed by atoms with E-state index in [1.54, 1.807) is 0 Å². The summed E-state index contributed by atoms with van der Waals surface area (Å²) in [6.07, 6.45) is 5.43. The molecule has 1 N–H and O–H groups in total. The molecule has 27 heavy (non-hydrogen) atoms. The zero-order valence-corrected chi connectivity index (χ0v) is 15.3. The van der Waals surface area contributed by atoms with E-state index >= 15 is 0 Å². The summed E-state index contributed by atoms with van der Waals surface area (Å²) in [6, 6.07) is 18.0. The van der Waals surface area contributed by atoms with Gasteiger partial charge >= 0.3 is 0 Å². The van der Waals surface area contributed by atoms with Gasteiger partial charge in [-0.25, -0.2) is 0 Å². The van der Waals surface area contributed by atoms with Gasteiger partial charge in [0.25, 0.3) is 0 Å². The quantitative estimate of drug-likeness (QED) is 0.753. The van der Waals surface area contributed by atoms with Crippen molar-refractivity contribution < 1.29 is 4.79 Å². The Morgan fingerprint density at radius 3 is 2.59 bits per heavy atom. The molecular weight excluding hydrogens is 334 g/mol. The van der Waals surface area contributed by atoms with E-state index in [-0.39, 0.29) is 5.91 Å². The van der Waals surface area contributed by atoms with Gasteiger partial charge < -0.3 is 9.88 Å². The van der Waals surface area contributed by atoms with Gasteiger partial charge in [-0.15, -0.1) is 0 Å². The fourth-order valence-electron chi connectivity index (χ4n) is 4.03. The lowest BCUT2D eigenvalue weighted by Gasteiger charge is -2.32. The summed E-state index contributed by atoms with van der Waals surface area (Å²) in [5, 5.41) is 10.2. The Bertz CT molecular complexity index is 973. The lowest BCUT2D eigenvalue weighted by Crippen LogP contribution is -2.38. The molecule has 0 atom stereocenters. The highest BCUT2D eigenvalue weighted by atomic mass is 16.2. The summed E-state index contributed by atoms with van der Waals surface area (Å²) in [6.45, 7) is 1.66. The van der Waals surface area contributed by atoms with E-state index in [2.05, 4.69) is 41.5 Å². The Morgan fingerprint density at radius 2 is 1.85 bits per heavy atom. The minimum Gasteiger partial charge on any atom is -0.361 e. The van der Waals surface area contributed by atoms with Gasteiger partial charge in [0.15, 0.2) is 0 Å². The van der Waals surface area contributed by atoms with Crippen molar-refractivity contribution >= 4 is 16.8 Å².